The van der Waals surface area contributed by atoms with Gasteiger partial charge >= 0.3 is 0 Å². The van der Waals surface area contributed by atoms with Gasteiger partial charge in [-0.2, -0.15) is 0 Å². The van der Waals surface area contributed by atoms with Crippen LogP contribution in [0.2, 0.25) is 0 Å². The van der Waals surface area contributed by atoms with Gasteiger partial charge in [-0.05, 0) is 6.92 Å². The Morgan fingerprint density at radius 1 is 1.67 bits per heavy atom. The zero-order valence-electron chi connectivity index (χ0n) is 7.93. The Morgan fingerprint density at radius 3 is 3.13 bits per heavy atom. The Bertz CT molecular complexity index is 451. The van der Waals surface area contributed by atoms with Crippen molar-refractivity contribution in [3.05, 3.63) is 23.0 Å². The summed E-state index contributed by atoms with van der Waals surface area (Å²) in [5, 5.41) is 14.1. The molecule has 2 rings (SSSR count). The minimum atomic E-state index is -0.192. The van der Waals surface area contributed by atoms with E-state index in [4.69, 9.17) is 4.52 Å². The normalized spacial score (nSPS) is 10.2. The molecule has 0 unspecified atom stereocenters. The highest BCUT2D eigenvalue weighted by Gasteiger charge is 2.09. The highest BCUT2D eigenvalue weighted by molar-refractivity contribution is 7.13. The van der Waals surface area contributed by atoms with Gasteiger partial charge in [0.15, 0.2) is 0 Å². The number of nitrogens with zero attached hydrogens (tertiary/aromatic N) is 3. The van der Waals surface area contributed by atoms with Gasteiger partial charge in [0, 0.05) is 6.07 Å². The molecule has 0 radical (unpaired) electrons. The van der Waals surface area contributed by atoms with E-state index >= 15 is 0 Å². The van der Waals surface area contributed by atoms with E-state index in [1.54, 1.807) is 18.5 Å². The van der Waals surface area contributed by atoms with E-state index in [2.05, 4.69) is 20.7 Å². The Labute approximate surface area is 89.3 Å². The molecule has 0 aliphatic carbocycles. The number of rotatable bonds is 3. The molecule has 1 N–H and O–H groups in total. The number of nitrogens with one attached hydrogen (secondary N) is 1. The molecular weight excluding hydrogens is 216 g/mol. The van der Waals surface area contributed by atoms with Gasteiger partial charge in [0.1, 0.15) is 11.3 Å². The van der Waals surface area contributed by atoms with Gasteiger partial charge < -0.3 is 9.84 Å². The quantitative estimate of drug-likeness (QED) is 0.841. The third-order valence-corrected chi connectivity index (χ3v) is 2.22. The van der Waals surface area contributed by atoms with Crippen molar-refractivity contribution in [2.24, 2.45) is 0 Å². The Morgan fingerprint density at radius 2 is 2.53 bits per heavy atom. The monoisotopic (exact) mass is 224 g/mol. The van der Waals surface area contributed by atoms with Crippen molar-refractivity contribution in [2.75, 3.05) is 5.32 Å². The number of carbonyl (C=O) groups is 1. The Kier molecular flexibility index (Phi) is 2.72. The van der Waals surface area contributed by atoms with E-state index < -0.39 is 0 Å². The number of hydrogen-bond acceptors (Lipinski definition) is 6. The summed E-state index contributed by atoms with van der Waals surface area (Å²) in [7, 11) is 0. The number of aryl methyl sites for hydroxylation is 1. The van der Waals surface area contributed by atoms with Crippen LogP contribution < -0.4 is 5.32 Å². The maximum atomic E-state index is 11.4. The SMILES string of the molecule is Cc1cc(CC(=O)Nc2nncs2)on1. The van der Waals surface area contributed by atoms with Crippen LogP contribution in [0, 0.1) is 6.92 Å². The maximum absolute atomic E-state index is 11.4. The van der Waals surface area contributed by atoms with Crippen molar-refractivity contribution in [2.45, 2.75) is 13.3 Å². The van der Waals surface area contributed by atoms with Crippen LogP contribution in [0.5, 0.6) is 0 Å². The third-order valence-electron chi connectivity index (χ3n) is 1.62. The maximum Gasteiger partial charge on any atom is 0.233 e. The molecule has 2 heterocycles. The lowest BCUT2D eigenvalue weighted by Crippen LogP contribution is -2.13. The zero-order valence-corrected chi connectivity index (χ0v) is 8.74. The highest BCUT2D eigenvalue weighted by Crippen LogP contribution is 2.09. The lowest BCUT2D eigenvalue weighted by molar-refractivity contribution is -0.115. The molecule has 15 heavy (non-hydrogen) atoms. The lowest BCUT2D eigenvalue weighted by atomic mass is 10.3. The molecule has 0 spiro atoms. The molecule has 0 fully saturated rings. The second-order valence-electron chi connectivity index (χ2n) is 2.90. The first-order valence-electron chi connectivity index (χ1n) is 4.22. The average Bonchev–Trinajstić information content (AvgIpc) is 2.77. The summed E-state index contributed by atoms with van der Waals surface area (Å²) < 4.78 is 4.91. The largest absolute Gasteiger partial charge is 0.361 e. The zero-order chi connectivity index (χ0) is 10.7. The molecule has 78 valence electrons. The molecule has 1 amide bonds. The van der Waals surface area contributed by atoms with E-state index in [0.717, 1.165) is 5.69 Å². The first-order valence-corrected chi connectivity index (χ1v) is 5.10. The van der Waals surface area contributed by atoms with Gasteiger partial charge in [0.2, 0.25) is 11.0 Å². The standard InChI is InChI=1S/C8H8N4O2S/c1-5-2-6(14-12-5)3-7(13)10-8-11-9-4-15-8/h2,4H,3H2,1H3,(H,10,11,13). The second-order valence-corrected chi connectivity index (χ2v) is 3.74. The van der Waals surface area contributed by atoms with E-state index in [1.807, 2.05) is 0 Å². The molecule has 6 nitrogen and oxygen atoms in total. The summed E-state index contributed by atoms with van der Waals surface area (Å²) >= 11 is 1.27. The number of hydrogen-bond donors (Lipinski definition) is 1. The molecule has 0 saturated carbocycles. The smallest absolute Gasteiger partial charge is 0.233 e. The fraction of sp³-hybridized carbons (Fsp3) is 0.250. The van der Waals surface area contributed by atoms with Crippen LogP contribution in [0.15, 0.2) is 16.1 Å². The van der Waals surface area contributed by atoms with Crippen molar-refractivity contribution < 1.29 is 9.32 Å². The minimum absolute atomic E-state index is 0.153. The van der Waals surface area contributed by atoms with Gasteiger partial charge in [-0.15, -0.1) is 10.2 Å². The summed E-state index contributed by atoms with van der Waals surface area (Å²) in [5.74, 6) is 0.345. The number of anilines is 1. The van der Waals surface area contributed by atoms with Crippen LogP contribution in [0.25, 0.3) is 0 Å². The number of amides is 1. The molecular formula is C8H8N4O2S. The Balaban J connectivity index is 1.93. The van der Waals surface area contributed by atoms with E-state index in [0.29, 0.717) is 10.9 Å². The van der Waals surface area contributed by atoms with E-state index in [9.17, 15) is 4.79 Å². The van der Waals surface area contributed by atoms with Crippen LogP contribution in [-0.2, 0) is 11.2 Å². The van der Waals surface area contributed by atoms with Crippen molar-refractivity contribution >= 4 is 22.4 Å². The van der Waals surface area contributed by atoms with Crippen LogP contribution in [0.1, 0.15) is 11.5 Å². The fourth-order valence-corrected chi connectivity index (χ4v) is 1.51. The highest BCUT2D eigenvalue weighted by atomic mass is 32.1. The fourth-order valence-electron chi connectivity index (χ4n) is 1.05. The van der Waals surface area contributed by atoms with Gasteiger partial charge in [0.05, 0.1) is 12.1 Å². The molecule has 2 aromatic heterocycles. The minimum Gasteiger partial charge on any atom is -0.361 e. The topological polar surface area (TPSA) is 80.9 Å². The van der Waals surface area contributed by atoms with Crippen LogP contribution >= 0.6 is 11.3 Å². The summed E-state index contributed by atoms with van der Waals surface area (Å²) in [6.45, 7) is 1.80. The van der Waals surface area contributed by atoms with Crippen LogP contribution in [-0.4, -0.2) is 21.3 Å². The number of aromatic nitrogens is 3. The number of carbonyl (C=O) groups excluding carboxylic acids is 1. The van der Waals surface area contributed by atoms with E-state index in [-0.39, 0.29) is 12.3 Å². The summed E-state index contributed by atoms with van der Waals surface area (Å²) in [4.78, 5) is 11.4. The predicted octanol–water partition coefficient (Wildman–Crippen LogP) is 1.02. The first kappa shape index (κ1) is 9.78. The second kappa shape index (κ2) is 4.18. The summed E-state index contributed by atoms with van der Waals surface area (Å²) in [6, 6.07) is 1.72. The van der Waals surface area contributed by atoms with Gasteiger partial charge in [-0.25, -0.2) is 0 Å². The molecule has 0 aliphatic rings. The molecule has 0 aliphatic heterocycles. The summed E-state index contributed by atoms with van der Waals surface area (Å²) in [5.41, 5.74) is 2.31. The molecule has 2 aromatic rings. The molecule has 0 aromatic carbocycles. The van der Waals surface area contributed by atoms with Crippen molar-refractivity contribution in [1.29, 1.82) is 0 Å². The lowest BCUT2D eigenvalue weighted by Gasteiger charge is -1.96. The third kappa shape index (κ3) is 2.59. The molecule has 0 saturated heterocycles. The van der Waals surface area contributed by atoms with Crippen molar-refractivity contribution in [3.8, 4) is 0 Å². The van der Waals surface area contributed by atoms with E-state index in [1.165, 1.54) is 11.3 Å². The predicted molar refractivity (Wildman–Crippen MR) is 53.5 cm³/mol. The van der Waals surface area contributed by atoms with Gasteiger partial charge in [0.25, 0.3) is 0 Å². The van der Waals surface area contributed by atoms with Crippen molar-refractivity contribution in [1.82, 2.24) is 15.4 Å². The molecule has 0 atom stereocenters. The molecule has 7 heteroatoms. The molecule has 0 bridgehead atoms. The van der Waals surface area contributed by atoms with Crippen LogP contribution in [0.4, 0.5) is 5.13 Å². The Hall–Kier alpha value is -1.76. The van der Waals surface area contributed by atoms with Gasteiger partial charge in [-0.3, -0.25) is 4.79 Å². The van der Waals surface area contributed by atoms with Crippen molar-refractivity contribution in [3.63, 3.8) is 0 Å². The average molecular weight is 224 g/mol. The van der Waals surface area contributed by atoms with Crippen LogP contribution in [0.3, 0.4) is 0 Å². The van der Waals surface area contributed by atoms with Gasteiger partial charge in [-0.1, -0.05) is 16.5 Å². The first-order chi connectivity index (χ1) is 7.24. The summed E-state index contributed by atoms with van der Waals surface area (Å²) in [6.07, 6.45) is 0.153.